The fourth-order valence-corrected chi connectivity index (χ4v) is 2.76. The van der Waals surface area contributed by atoms with Crippen LogP contribution in [-0.4, -0.2) is 38.2 Å². The third-order valence-corrected chi connectivity index (χ3v) is 4.38. The Morgan fingerprint density at radius 1 is 1.09 bits per heavy atom. The highest BCUT2D eigenvalue weighted by molar-refractivity contribution is 7.90. The number of hydrogen-bond donors (Lipinski definition) is 1. The minimum Gasteiger partial charge on any atom is -0.457 e. The van der Waals surface area contributed by atoms with Crippen LogP contribution in [0.2, 0.25) is 0 Å². The number of esters is 1. The molecule has 0 aromatic rings. The third-order valence-electron chi connectivity index (χ3n) is 3.16. The van der Waals surface area contributed by atoms with E-state index >= 15 is 0 Å². The van der Waals surface area contributed by atoms with Crippen LogP contribution in [0.4, 0.5) is 26.3 Å². The molecule has 134 valence electrons. The van der Waals surface area contributed by atoms with E-state index in [-0.39, 0.29) is 12.8 Å². The van der Waals surface area contributed by atoms with Crippen LogP contribution in [0.25, 0.3) is 0 Å². The summed E-state index contributed by atoms with van der Waals surface area (Å²) >= 11 is 0. The van der Waals surface area contributed by atoms with Crippen molar-refractivity contribution in [2.75, 3.05) is 0 Å². The van der Waals surface area contributed by atoms with Crippen molar-refractivity contribution in [3.8, 4) is 0 Å². The molecule has 12 heteroatoms. The van der Waals surface area contributed by atoms with E-state index in [0.29, 0.717) is 12.8 Å². The molecule has 5 nitrogen and oxygen atoms in total. The van der Waals surface area contributed by atoms with Crippen LogP contribution in [0.5, 0.6) is 0 Å². The van der Waals surface area contributed by atoms with Crippen molar-refractivity contribution in [2.24, 2.45) is 0 Å². The van der Waals surface area contributed by atoms with Crippen LogP contribution in [0.15, 0.2) is 12.2 Å². The average molecular weight is 369 g/mol. The topological polar surface area (TPSA) is 72.5 Å². The van der Waals surface area contributed by atoms with Gasteiger partial charge in [0.05, 0.1) is 6.04 Å². The lowest BCUT2D eigenvalue weighted by Crippen LogP contribution is -2.50. The average Bonchev–Trinajstić information content (AvgIpc) is 2.37. The van der Waals surface area contributed by atoms with Crippen LogP contribution < -0.4 is 4.72 Å². The number of carbonyl (C=O) groups excluding carboxylic acids is 1. The summed E-state index contributed by atoms with van der Waals surface area (Å²) < 4.78 is 102. The summed E-state index contributed by atoms with van der Waals surface area (Å²) in [4.78, 5) is 11.3. The molecule has 0 spiro atoms. The number of hydrogen-bond acceptors (Lipinski definition) is 4. The van der Waals surface area contributed by atoms with E-state index in [1.54, 1.807) is 0 Å². The second kappa shape index (κ2) is 6.67. The molecule has 0 radical (unpaired) electrons. The van der Waals surface area contributed by atoms with Gasteiger partial charge in [-0.1, -0.05) is 13.0 Å². The molecule has 1 aliphatic rings. The summed E-state index contributed by atoms with van der Waals surface area (Å²) in [6, 6.07) is -1.46. The van der Waals surface area contributed by atoms with Gasteiger partial charge >= 0.3 is 27.7 Å². The van der Waals surface area contributed by atoms with Crippen LogP contribution in [0.1, 0.15) is 25.7 Å². The molecule has 23 heavy (non-hydrogen) atoms. The molecule has 0 saturated heterocycles. The number of ether oxygens (including phenoxy) is 1. The van der Waals surface area contributed by atoms with Crippen LogP contribution in [0, 0.1) is 0 Å². The first-order chi connectivity index (χ1) is 10.3. The van der Waals surface area contributed by atoms with Crippen molar-refractivity contribution < 1.29 is 44.3 Å². The van der Waals surface area contributed by atoms with Gasteiger partial charge in [0.15, 0.2) is 0 Å². The predicted octanol–water partition coefficient (Wildman–Crippen LogP) is 2.40. The van der Waals surface area contributed by atoms with Gasteiger partial charge in [0.25, 0.3) is 0 Å². The van der Waals surface area contributed by atoms with Crippen molar-refractivity contribution in [1.82, 2.24) is 4.72 Å². The number of carbonyl (C=O) groups is 1. The quantitative estimate of drug-likeness (QED) is 0.469. The number of alkyl halides is 6. The molecule has 0 aromatic carbocycles. The van der Waals surface area contributed by atoms with Gasteiger partial charge in [-0.25, -0.2) is 17.9 Å². The fraction of sp³-hybridized carbons (Fsp3) is 0.727. The van der Waals surface area contributed by atoms with Gasteiger partial charge < -0.3 is 4.74 Å². The van der Waals surface area contributed by atoms with Crippen molar-refractivity contribution in [2.45, 2.75) is 49.5 Å². The molecule has 2 atom stereocenters. The van der Waals surface area contributed by atoms with Crippen molar-refractivity contribution in [3.05, 3.63) is 12.2 Å². The summed E-state index contributed by atoms with van der Waals surface area (Å²) in [5, 5.41) is 0. The smallest absolute Gasteiger partial charge is 0.457 e. The van der Waals surface area contributed by atoms with Crippen LogP contribution >= 0.6 is 0 Å². The molecule has 2 unspecified atom stereocenters. The minimum absolute atomic E-state index is 0.0675. The van der Waals surface area contributed by atoms with Gasteiger partial charge in [0.2, 0.25) is 0 Å². The standard InChI is InChI=1S/C11H13F6NO4S/c1-6(10(12,13)14)9(19)22-8-5-3-2-4-7(8)18-23(20,21)11(15,16)17/h7-8,18H,1-5H2. The van der Waals surface area contributed by atoms with Crippen molar-refractivity contribution >= 4 is 16.0 Å². The molecule has 1 fully saturated rings. The van der Waals surface area contributed by atoms with Gasteiger partial charge in [-0.15, -0.1) is 0 Å². The number of halogens is 6. The summed E-state index contributed by atoms with van der Waals surface area (Å²) in [6.45, 7) is 2.51. The van der Waals surface area contributed by atoms with E-state index in [1.165, 1.54) is 4.72 Å². The first-order valence-electron chi connectivity index (χ1n) is 6.31. The van der Waals surface area contributed by atoms with Gasteiger partial charge in [0, 0.05) is 0 Å². The first-order valence-corrected chi connectivity index (χ1v) is 7.79. The largest absolute Gasteiger partial charge is 0.511 e. The second-order valence-electron chi connectivity index (χ2n) is 4.88. The Hall–Kier alpha value is -1.30. The Bertz CT molecular complexity index is 568. The van der Waals surface area contributed by atoms with Crippen LogP contribution in [0.3, 0.4) is 0 Å². The Labute approximate surface area is 127 Å². The highest BCUT2D eigenvalue weighted by atomic mass is 32.2. The van der Waals surface area contributed by atoms with Crippen molar-refractivity contribution in [1.29, 1.82) is 0 Å². The van der Waals surface area contributed by atoms with Crippen molar-refractivity contribution in [3.63, 3.8) is 0 Å². The van der Waals surface area contributed by atoms with Crippen LogP contribution in [-0.2, 0) is 19.6 Å². The molecule has 0 bridgehead atoms. The summed E-state index contributed by atoms with van der Waals surface area (Å²) in [6.07, 6.45) is -5.96. The molecule has 1 aliphatic carbocycles. The zero-order valence-electron chi connectivity index (χ0n) is 11.5. The summed E-state index contributed by atoms with van der Waals surface area (Å²) in [7, 11) is -5.70. The number of sulfonamides is 1. The highest BCUT2D eigenvalue weighted by Crippen LogP contribution is 2.29. The van der Waals surface area contributed by atoms with E-state index in [1.807, 2.05) is 0 Å². The van der Waals surface area contributed by atoms with E-state index in [0.717, 1.165) is 0 Å². The van der Waals surface area contributed by atoms with Gasteiger partial charge in [0.1, 0.15) is 11.7 Å². The second-order valence-corrected chi connectivity index (χ2v) is 6.58. The zero-order chi connectivity index (χ0) is 18.1. The Morgan fingerprint density at radius 3 is 2.09 bits per heavy atom. The van der Waals surface area contributed by atoms with E-state index in [9.17, 15) is 39.6 Å². The predicted molar refractivity (Wildman–Crippen MR) is 65.4 cm³/mol. The minimum atomic E-state index is -5.70. The molecule has 1 saturated carbocycles. The Balaban J connectivity index is 2.84. The maximum atomic E-state index is 12.3. The fourth-order valence-electron chi connectivity index (χ4n) is 1.96. The maximum absolute atomic E-state index is 12.3. The lowest BCUT2D eigenvalue weighted by atomic mass is 9.93. The monoisotopic (exact) mass is 369 g/mol. The normalized spacial score (nSPS) is 23.4. The molecule has 0 aromatic heterocycles. The van der Waals surface area contributed by atoms with Gasteiger partial charge in [-0.3, -0.25) is 0 Å². The van der Waals surface area contributed by atoms with Gasteiger partial charge in [-0.05, 0) is 19.3 Å². The third kappa shape index (κ3) is 5.09. The molecular formula is C11H13F6NO4S. The summed E-state index contributed by atoms with van der Waals surface area (Å²) in [5.41, 5.74) is -7.39. The number of nitrogens with one attached hydrogen (secondary N) is 1. The lowest BCUT2D eigenvalue weighted by molar-refractivity contribution is -0.157. The SMILES string of the molecule is C=C(C(=O)OC1CCCCC1NS(=O)(=O)C(F)(F)F)C(F)(F)F. The molecule has 0 aliphatic heterocycles. The van der Waals surface area contributed by atoms with E-state index in [4.69, 9.17) is 0 Å². The molecule has 1 N–H and O–H groups in total. The maximum Gasteiger partial charge on any atom is 0.511 e. The highest BCUT2D eigenvalue weighted by Gasteiger charge is 2.48. The molecule has 1 rings (SSSR count). The Morgan fingerprint density at radius 2 is 1.61 bits per heavy atom. The molecule has 0 amide bonds. The Kier molecular flexibility index (Phi) is 5.73. The van der Waals surface area contributed by atoms with E-state index < -0.39 is 45.4 Å². The molecular weight excluding hydrogens is 356 g/mol. The zero-order valence-corrected chi connectivity index (χ0v) is 12.3. The van der Waals surface area contributed by atoms with Gasteiger partial charge in [-0.2, -0.15) is 26.3 Å². The van der Waals surface area contributed by atoms with E-state index in [2.05, 4.69) is 11.3 Å². The lowest BCUT2D eigenvalue weighted by Gasteiger charge is -2.31. The summed E-state index contributed by atoms with van der Waals surface area (Å²) in [5.74, 6) is -1.85. The first kappa shape index (κ1) is 19.7. The molecule has 0 heterocycles. The number of rotatable bonds is 4.